The first-order valence-corrected chi connectivity index (χ1v) is 9.49. The molecule has 9 heteroatoms. The summed E-state index contributed by atoms with van der Waals surface area (Å²) in [5, 5.41) is 2.58. The number of anilines is 1. The van der Waals surface area contributed by atoms with Crippen LogP contribution in [-0.4, -0.2) is 30.5 Å². The van der Waals surface area contributed by atoms with Crippen LogP contribution in [0, 0.1) is 0 Å². The Kier molecular flexibility index (Phi) is 6.91. The number of piperidine rings is 1. The summed E-state index contributed by atoms with van der Waals surface area (Å²) in [5.41, 5.74) is 0.116. The third-order valence-electron chi connectivity index (χ3n) is 4.96. The van der Waals surface area contributed by atoms with Gasteiger partial charge in [0.05, 0.1) is 17.8 Å². The number of rotatable bonds is 6. The van der Waals surface area contributed by atoms with Crippen LogP contribution in [0.1, 0.15) is 36.4 Å². The van der Waals surface area contributed by atoms with Gasteiger partial charge < -0.3 is 10.1 Å². The number of halogens is 5. The van der Waals surface area contributed by atoms with Crippen molar-refractivity contribution in [2.75, 3.05) is 18.4 Å². The van der Waals surface area contributed by atoms with Crippen molar-refractivity contribution in [3.8, 4) is 5.75 Å². The van der Waals surface area contributed by atoms with Crippen LogP contribution in [0.3, 0.4) is 0 Å². The van der Waals surface area contributed by atoms with Crippen molar-refractivity contribution in [3.05, 3.63) is 59.7 Å². The molecular weight excluding hydrogens is 407 g/mol. The molecule has 1 aliphatic heterocycles. The highest BCUT2D eigenvalue weighted by molar-refractivity contribution is 5.93. The van der Waals surface area contributed by atoms with Crippen LogP contribution >= 0.6 is 0 Å². The number of nitrogens with zero attached hydrogens (tertiary/aromatic N) is 1. The van der Waals surface area contributed by atoms with Gasteiger partial charge in [-0.25, -0.2) is 0 Å². The van der Waals surface area contributed by atoms with E-state index in [-0.39, 0.29) is 24.0 Å². The molecule has 1 atom stereocenters. The van der Waals surface area contributed by atoms with E-state index in [1.807, 2.05) is 4.90 Å². The monoisotopic (exact) mass is 428 g/mol. The van der Waals surface area contributed by atoms with Crippen LogP contribution in [0.4, 0.5) is 27.6 Å². The molecule has 0 aromatic heterocycles. The number of amides is 1. The summed E-state index contributed by atoms with van der Waals surface area (Å²) >= 11 is 0. The van der Waals surface area contributed by atoms with Gasteiger partial charge in [-0.15, -0.1) is 0 Å². The number of alkyl halides is 5. The topological polar surface area (TPSA) is 41.6 Å². The molecule has 1 amide bonds. The first kappa shape index (κ1) is 22.0. The molecule has 0 bridgehead atoms. The molecule has 30 heavy (non-hydrogen) atoms. The molecule has 1 N–H and O–H groups in total. The maximum atomic E-state index is 12.8. The minimum atomic E-state index is -4.40. The first-order chi connectivity index (χ1) is 14.2. The molecule has 0 aliphatic carbocycles. The van der Waals surface area contributed by atoms with Crippen molar-refractivity contribution in [1.29, 1.82) is 0 Å². The average molecular weight is 428 g/mol. The minimum absolute atomic E-state index is 0.0191. The highest BCUT2D eigenvalue weighted by atomic mass is 19.4. The lowest BCUT2D eigenvalue weighted by atomic mass is 9.94. The molecule has 0 spiro atoms. The Balaban J connectivity index is 1.69. The van der Waals surface area contributed by atoms with Crippen LogP contribution < -0.4 is 10.1 Å². The Bertz CT molecular complexity index is 855. The largest absolute Gasteiger partial charge is 0.433 e. The fraction of sp³-hybridized carbons (Fsp3) is 0.381. The van der Waals surface area contributed by atoms with Gasteiger partial charge in [-0.3, -0.25) is 9.69 Å². The molecule has 1 saturated heterocycles. The highest BCUT2D eigenvalue weighted by Crippen LogP contribution is 2.34. The van der Waals surface area contributed by atoms with Crippen LogP contribution in [0.25, 0.3) is 0 Å². The summed E-state index contributed by atoms with van der Waals surface area (Å²) in [5.74, 6) is -0.557. The molecule has 1 unspecified atom stereocenters. The number of carbonyl (C=O) groups is 1. The van der Waals surface area contributed by atoms with Gasteiger partial charge in [-0.1, -0.05) is 30.7 Å². The third-order valence-corrected chi connectivity index (χ3v) is 4.96. The predicted octanol–water partition coefficient (Wildman–Crippen LogP) is 5.47. The second-order valence-corrected chi connectivity index (χ2v) is 7.02. The summed E-state index contributed by atoms with van der Waals surface area (Å²) in [6, 6.07) is 10.6. The lowest BCUT2D eigenvalue weighted by Crippen LogP contribution is -2.39. The van der Waals surface area contributed by atoms with Crippen molar-refractivity contribution >= 4 is 11.6 Å². The summed E-state index contributed by atoms with van der Waals surface area (Å²) in [6.45, 7) is -2.43. The number of nitrogens with one attached hydrogen (secondary N) is 1. The zero-order valence-electron chi connectivity index (χ0n) is 16.0. The van der Waals surface area contributed by atoms with Crippen LogP contribution in [0.15, 0.2) is 48.5 Å². The average Bonchev–Trinajstić information content (AvgIpc) is 2.69. The van der Waals surface area contributed by atoms with Crippen molar-refractivity contribution < 1.29 is 31.5 Å². The number of para-hydroxylation sites is 2. The van der Waals surface area contributed by atoms with Crippen LogP contribution in [0.5, 0.6) is 5.75 Å². The fourth-order valence-corrected chi connectivity index (χ4v) is 3.59. The second kappa shape index (κ2) is 9.42. The summed E-state index contributed by atoms with van der Waals surface area (Å²) in [7, 11) is 0. The van der Waals surface area contributed by atoms with Gasteiger partial charge in [0.1, 0.15) is 5.75 Å². The minimum Gasteiger partial charge on any atom is -0.433 e. The standard InChI is InChI=1S/C21H21F5N2O2/c22-20(23)30-18-7-2-1-5-16(18)27-19(29)13-28-12-4-3-6-17(28)14-8-10-15(11-9-14)21(24,25)26/h1-2,5,7-11,17,20H,3-4,6,12-13H2,(H,27,29). The van der Waals surface area contributed by atoms with E-state index < -0.39 is 24.3 Å². The number of hydrogen-bond donors (Lipinski definition) is 1. The molecule has 2 aromatic carbocycles. The fourth-order valence-electron chi connectivity index (χ4n) is 3.59. The van der Waals surface area contributed by atoms with Crippen molar-refractivity contribution in [2.24, 2.45) is 0 Å². The maximum absolute atomic E-state index is 12.8. The van der Waals surface area contributed by atoms with Gasteiger partial charge in [-0.05, 0) is 49.2 Å². The van der Waals surface area contributed by atoms with E-state index >= 15 is 0 Å². The quantitative estimate of drug-likeness (QED) is 0.621. The lowest BCUT2D eigenvalue weighted by Gasteiger charge is -2.35. The molecule has 162 valence electrons. The second-order valence-electron chi connectivity index (χ2n) is 7.02. The number of ether oxygens (including phenoxy) is 1. The SMILES string of the molecule is O=C(CN1CCCCC1c1ccc(C(F)(F)F)cc1)Nc1ccccc1OC(F)F. The summed E-state index contributed by atoms with van der Waals surface area (Å²) in [6.07, 6.45) is -1.94. The Morgan fingerprint density at radius 2 is 1.80 bits per heavy atom. The maximum Gasteiger partial charge on any atom is 0.416 e. The third kappa shape index (κ3) is 5.69. The van der Waals surface area contributed by atoms with Gasteiger partial charge in [-0.2, -0.15) is 22.0 Å². The lowest BCUT2D eigenvalue weighted by molar-refractivity contribution is -0.137. The van der Waals surface area contributed by atoms with Gasteiger partial charge in [0.25, 0.3) is 0 Å². The Labute approximate surface area is 170 Å². The molecule has 1 fully saturated rings. The Morgan fingerprint density at radius 1 is 1.10 bits per heavy atom. The van der Waals surface area contributed by atoms with E-state index in [2.05, 4.69) is 10.1 Å². The molecule has 4 nitrogen and oxygen atoms in total. The Morgan fingerprint density at radius 3 is 2.47 bits per heavy atom. The van der Waals surface area contributed by atoms with E-state index in [0.29, 0.717) is 18.5 Å². The summed E-state index contributed by atoms with van der Waals surface area (Å²) in [4.78, 5) is 14.4. The first-order valence-electron chi connectivity index (χ1n) is 9.49. The van der Waals surface area contributed by atoms with Gasteiger partial charge in [0.15, 0.2) is 0 Å². The van der Waals surface area contributed by atoms with Gasteiger partial charge >= 0.3 is 12.8 Å². The van der Waals surface area contributed by atoms with E-state index in [4.69, 9.17) is 0 Å². The Hall–Kier alpha value is -2.68. The highest BCUT2D eigenvalue weighted by Gasteiger charge is 2.31. The van der Waals surface area contributed by atoms with E-state index in [1.54, 1.807) is 6.07 Å². The number of likely N-dealkylation sites (tertiary alicyclic amines) is 1. The predicted molar refractivity (Wildman–Crippen MR) is 101 cm³/mol. The zero-order valence-corrected chi connectivity index (χ0v) is 16.0. The van der Waals surface area contributed by atoms with Crippen molar-refractivity contribution in [3.63, 3.8) is 0 Å². The number of benzene rings is 2. The van der Waals surface area contributed by atoms with E-state index in [0.717, 1.165) is 25.0 Å². The molecule has 1 aliphatic rings. The molecule has 1 heterocycles. The van der Waals surface area contributed by atoms with Crippen molar-refractivity contribution in [2.45, 2.75) is 38.1 Å². The number of carbonyl (C=O) groups excluding carboxylic acids is 1. The molecule has 3 rings (SSSR count). The van der Waals surface area contributed by atoms with E-state index in [9.17, 15) is 26.7 Å². The molecule has 0 saturated carbocycles. The van der Waals surface area contributed by atoms with Crippen LogP contribution in [-0.2, 0) is 11.0 Å². The van der Waals surface area contributed by atoms with Gasteiger partial charge in [0, 0.05) is 6.04 Å². The zero-order chi connectivity index (χ0) is 21.7. The van der Waals surface area contributed by atoms with Gasteiger partial charge in [0.2, 0.25) is 5.91 Å². The van der Waals surface area contributed by atoms with Crippen molar-refractivity contribution in [1.82, 2.24) is 4.90 Å². The number of hydrogen-bond acceptors (Lipinski definition) is 3. The van der Waals surface area contributed by atoms with Crippen LogP contribution in [0.2, 0.25) is 0 Å². The summed E-state index contributed by atoms with van der Waals surface area (Å²) < 4.78 is 67.9. The smallest absolute Gasteiger partial charge is 0.416 e. The van der Waals surface area contributed by atoms with E-state index in [1.165, 1.54) is 30.3 Å². The normalized spacial score (nSPS) is 17.7. The molecule has 0 radical (unpaired) electrons. The molecule has 2 aromatic rings. The molecular formula is C21H21F5N2O2.